The Morgan fingerprint density at radius 2 is 2.19 bits per heavy atom. The Kier molecular flexibility index (Phi) is 2.99. The molecule has 0 radical (unpaired) electrons. The number of nitrogens with zero attached hydrogens (tertiary/aromatic N) is 1. The molecular weight excluding hydrogens is 198 g/mol. The fourth-order valence-electron chi connectivity index (χ4n) is 2.22. The molecule has 2 atom stereocenters. The molecule has 0 amide bonds. The maximum Gasteiger partial charge on any atom is 0.152 e. The van der Waals surface area contributed by atoms with Gasteiger partial charge in [0.05, 0.1) is 0 Å². The number of aryl methyl sites for hydroxylation is 1. The van der Waals surface area contributed by atoms with Crippen molar-refractivity contribution in [2.45, 2.75) is 20.3 Å². The van der Waals surface area contributed by atoms with Gasteiger partial charge in [-0.3, -0.25) is 4.79 Å². The van der Waals surface area contributed by atoms with Crippen LogP contribution >= 0.6 is 0 Å². The van der Waals surface area contributed by atoms with E-state index in [1.807, 2.05) is 19.1 Å². The van der Waals surface area contributed by atoms with E-state index in [1.165, 1.54) is 6.42 Å². The highest BCUT2D eigenvalue weighted by Crippen LogP contribution is 2.38. The van der Waals surface area contributed by atoms with Crippen molar-refractivity contribution in [1.82, 2.24) is 0 Å². The molecule has 86 valence electrons. The third-order valence-electron chi connectivity index (χ3n) is 3.51. The molecule has 1 aromatic rings. The van der Waals surface area contributed by atoms with E-state index in [-0.39, 0.29) is 0 Å². The Balaban J connectivity index is 2.15. The summed E-state index contributed by atoms with van der Waals surface area (Å²) in [5, 5.41) is 0. The Hall–Kier alpha value is -1.31. The SMILES string of the molecule is Cc1ccc(N(C)CC2CC2C)c(C=O)c1. The summed E-state index contributed by atoms with van der Waals surface area (Å²) in [5.74, 6) is 1.67. The second-order valence-corrected chi connectivity index (χ2v) is 5.03. The summed E-state index contributed by atoms with van der Waals surface area (Å²) in [7, 11) is 2.07. The van der Waals surface area contributed by atoms with Crippen LogP contribution in [0.5, 0.6) is 0 Å². The Morgan fingerprint density at radius 3 is 2.75 bits per heavy atom. The summed E-state index contributed by atoms with van der Waals surface area (Å²) < 4.78 is 0. The Labute approximate surface area is 97.3 Å². The minimum atomic E-state index is 0.802. The van der Waals surface area contributed by atoms with Crippen LogP contribution in [0.4, 0.5) is 5.69 Å². The van der Waals surface area contributed by atoms with Crippen molar-refractivity contribution in [3.05, 3.63) is 29.3 Å². The van der Waals surface area contributed by atoms with Crippen molar-refractivity contribution < 1.29 is 4.79 Å². The second-order valence-electron chi connectivity index (χ2n) is 5.03. The number of hydrogen-bond donors (Lipinski definition) is 0. The molecule has 0 aromatic heterocycles. The maximum atomic E-state index is 11.0. The van der Waals surface area contributed by atoms with Crippen LogP contribution in [0.25, 0.3) is 0 Å². The molecule has 1 aliphatic rings. The van der Waals surface area contributed by atoms with Crippen LogP contribution in [0.1, 0.15) is 29.3 Å². The van der Waals surface area contributed by atoms with Gasteiger partial charge in [0, 0.05) is 24.8 Å². The second kappa shape index (κ2) is 4.28. The van der Waals surface area contributed by atoms with E-state index >= 15 is 0 Å². The predicted octanol–water partition coefficient (Wildman–Crippen LogP) is 2.90. The molecule has 1 aliphatic carbocycles. The number of hydrogen-bond acceptors (Lipinski definition) is 2. The Morgan fingerprint density at radius 1 is 1.50 bits per heavy atom. The van der Waals surface area contributed by atoms with Gasteiger partial charge in [-0.05, 0) is 37.3 Å². The van der Waals surface area contributed by atoms with Crippen molar-refractivity contribution >= 4 is 12.0 Å². The molecule has 1 saturated carbocycles. The number of rotatable bonds is 4. The minimum absolute atomic E-state index is 0.802. The molecule has 2 rings (SSSR count). The lowest BCUT2D eigenvalue weighted by atomic mass is 10.1. The summed E-state index contributed by atoms with van der Waals surface area (Å²) in [4.78, 5) is 13.2. The highest BCUT2D eigenvalue weighted by molar-refractivity contribution is 5.84. The average Bonchev–Trinajstić information content (AvgIpc) is 2.93. The van der Waals surface area contributed by atoms with Gasteiger partial charge in [-0.25, -0.2) is 0 Å². The molecule has 1 fully saturated rings. The van der Waals surface area contributed by atoms with Gasteiger partial charge in [-0.15, -0.1) is 0 Å². The number of carbonyl (C=O) groups excluding carboxylic acids is 1. The van der Waals surface area contributed by atoms with Gasteiger partial charge in [0.25, 0.3) is 0 Å². The van der Waals surface area contributed by atoms with Crippen LogP contribution in [0.2, 0.25) is 0 Å². The number of aldehydes is 1. The number of carbonyl (C=O) groups is 1. The predicted molar refractivity (Wildman–Crippen MR) is 67.1 cm³/mol. The lowest BCUT2D eigenvalue weighted by Crippen LogP contribution is -2.21. The molecule has 2 heteroatoms. The highest BCUT2D eigenvalue weighted by Gasteiger charge is 2.33. The van der Waals surface area contributed by atoms with Crippen LogP contribution in [0, 0.1) is 18.8 Å². The van der Waals surface area contributed by atoms with Gasteiger partial charge < -0.3 is 4.90 Å². The van der Waals surface area contributed by atoms with Gasteiger partial charge in [-0.1, -0.05) is 18.6 Å². The van der Waals surface area contributed by atoms with Crippen molar-refractivity contribution in [1.29, 1.82) is 0 Å². The summed E-state index contributed by atoms with van der Waals surface area (Å²) in [5.41, 5.74) is 2.99. The van der Waals surface area contributed by atoms with E-state index < -0.39 is 0 Å². The zero-order chi connectivity index (χ0) is 11.7. The van der Waals surface area contributed by atoms with Gasteiger partial charge in [-0.2, -0.15) is 0 Å². The zero-order valence-electron chi connectivity index (χ0n) is 10.2. The van der Waals surface area contributed by atoms with Gasteiger partial charge >= 0.3 is 0 Å². The van der Waals surface area contributed by atoms with Gasteiger partial charge in [0.1, 0.15) is 0 Å². The largest absolute Gasteiger partial charge is 0.374 e. The van der Waals surface area contributed by atoms with Crippen LogP contribution in [0.15, 0.2) is 18.2 Å². The lowest BCUT2D eigenvalue weighted by Gasteiger charge is -2.21. The standard InChI is InChI=1S/C14H19NO/c1-10-4-5-14(13(6-10)9-16)15(3)8-12-7-11(12)2/h4-6,9,11-12H,7-8H2,1-3H3. The highest BCUT2D eigenvalue weighted by atomic mass is 16.1. The van der Waals surface area contributed by atoms with Crippen molar-refractivity contribution in [3.8, 4) is 0 Å². The molecule has 0 saturated heterocycles. The van der Waals surface area contributed by atoms with Crippen LogP contribution in [-0.2, 0) is 0 Å². The Bertz CT molecular complexity index is 400. The molecule has 0 spiro atoms. The first-order valence-electron chi connectivity index (χ1n) is 5.88. The minimum Gasteiger partial charge on any atom is -0.374 e. The van der Waals surface area contributed by atoms with E-state index in [9.17, 15) is 4.79 Å². The third-order valence-corrected chi connectivity index (χ3v) is 3.51. The molecule has 2 unspecified atom stereocenters. The van der Waals surface area contributed by atoms with Crippen LogP contribution in [0.3, 0.4) is 0 Å². The fraction of sp³-hybridized carbons (Fsp3) is 0.500. The van der Waals surface area contributed by atoms with E-state index in [2.05, 4.69) is 24.9 Å². The lowest BCUT2D eigenvalue weighted by molar-refractivity contribution is 0.112. The van der Waals surface area contributed by atoms with Crippen molar-refractivity contribution in [3.63, 3.8) is 0 Å². The first kappa shape index (κ1) is 11.2. The van der Waals surface area contributed by atoms with Gasteiger partial charge in [0.15, 0.2) is 6.29 Å². The maximum absolute atomic E-state index is 11.0. The zero-order valence-corrected chi connectivity index (χ0v) is 10.2. The first-order chi connectivity index (χ1) is 7.61. The summed E-state index contributed by atoms with van der Waals surface area (Å²) >= 11 is 0. The molecular formula is C14H19NO. The van der Waals surface area contributed by atoms with Crippen molar-refractivity contribution in [2.75, 3.05) is 18.5 Å². The summed E-state index contributed by atoms with van der Waals surface area (Å²) in [6, 6.07) is 6.07. The van der Waals surface area contributed by atoms with Crippen LogP contribution in [-0.4, -0.2) is 19.9 Å². The molecule has 1 aromatic carbocycles. The van der Waals surface area contributed by atoms with Gasteiger partial charge in [0.2, 0.25) is 0 Å². The molecule has 0 heterocycles. The molecule has 0 bridgehead atoms. The van der Waals surface area contributed by atoms with E-state index in [0.717, 1.165) is 41.5 Å². The fourth-order valence-corrected chi connectivity index (χ4v) is 2.22. The summed E-state index contributed by atoms with van der Waals surface area (Å²) in [6.07, 6.45) is 2.28. The number of benzene rings is 1. The third kappa shape index (κ3) is 2.26. The molecule has 2 nitrogen and oxygen atoms in total. The molecule has 16 heavy (non-hydrogen) atoms. The normalized spacial score (nSPS) is 22.9. The van der Waals surface area contributed by atoms with E-state index in [4.69, 9.17) is 0 Å². The number of anilines is 1. The van der Waals surface area contributed by atoms with E-state index in [0.29, 0.717) is 0 Å². The van der Waals surface area contributed by atoms with E-state index in [1.54, 1.807) is 0 Å². The quantitative estimate of drug-likeness (QED) is 0.723. The van der Waals surface area contributed by atoms with Crippen molar-refractivity contribution in [2.24, 2.45) is 11.8 Å². The smallest absolute Gasteiger partial charge is 0.152 e. The monoisotopic (exact) mass is 217 g/mol. The average molecular weight is 217 g/mol. The first-order valence-corrected chi connectivity index (χ1v) is 5.88. The molecule has 0 aliphatic heterocycles. The van der Waals surface area contributed by atoms with Crippen LogP contribution < -0.4 is 4.90 Å². The topological polar surface area (TPSA) is 20.3 Å². The summed E-state index contributed by atoms with van der Waals surface area (Å²) in [6.45, 7) is 5.36. The molecule has 0 N–H and O–H groups in total.